The normalized spacial score (nSPS) is 35.0. The first kappa shape index (κ1) is 24.3. The van der Waals surface area contributed by atoms with Gasteiger partial charge in [-0.3, -0.25) is 4.79 Å². The van der Waals surface area contributed by atoms with Crippen LogP contribution in [0.3, 0.4) is 0 Å². The van der Waals surface area contributed by atoms with Crippen molar-refractivity contribution in [3.8, 4) is 0 Å². The summed E-state index contributed by atoms with van der Waals surface area (Å²) in [6, 6.07) is 0. The molecular formula is C16H30N2O11. The van der Waals surface area contributed by atoms with Gasteiger partial charge < -0.3 is 60.5 Å². The number of carbonyl (C=O) groups excluding carboxylic acids is 1. The van der Waals surface area contributed by atoms with Crippen LogP contribution in [0.5, 0.6) is 0 Å². The second-order valence-electron chi connectivity index (χ2n) is 7.06. The first-order valence-corrected chi connectivity index (χ1v) is 9.33. The zero-order chi connectivity index (χ0) is 21.7. The standard InChI is InChI=1S/C16H30N2O11/c19-5-7(21)14(11(24)12(25)15(27)18-3-1-17-2-4-18)29-16-13(26)10(23)9(22)8(6-20)28-16/h7-14,16-17,19-26H,1-6H2/t7-,8-,9+,10+,11-,12-,13-,14-,16+/m1/s1. The Balaban J connectivity index is 2.12. The Hall–Kier alpha value is -0.970. The van der Waals surface area contributed by atoms with Gasteiger partial charge in [-0.25, -0.2) is 0 Å². The Morgan fingerprint density at radius 3 is 2.24 bits per heavy atom. The van der Waals surface area contributed by atoms with E-state index in [1.165, 1.54) is 4.90 Å². The van der Waals surface area contributed by atoms with Gasteiger partial charge in [-0.2, -0.15) is 0 Å². The molecule has 0 aromatic rings. The molecule has 0 saturated carbocycles. The minimum Gasteiger partial charge on any atom is -0.394 e. The largest absolute Gasteiger partial charge is 0.394 e. The van der Waals surface area contributed by atoms with E-state index in [1.54, 1.807) is 0 Å². The summed E-state index contributed by atoms with van der Waals surface area (Å²) >= 11 is 0. The molecule has 0 spiro atoms. The van der Waals surface area contributed by atoms with E-state index in [1.807, 2.05) is 0 Å². The van der Waals surface area contributed by atoms with Crippen LogP contribution in [0.2, 0.25) is 0 Å². The van der Waals surface area contributed by atoms with Crippen molar-refractivity contribution in [3.63, 3.8) is 0 Å². The quantitative estimate of drug-likeness (QED) is 0.177. The number of rotatable bonds is 8. The molecule has 0 aromatic carbocycles. The molecule has 0 aromatic heterocycles. The summed E-state index contributed by atoms with van der Waals surface area (Å²) in [4.78, 5) is 13.7. The van der Waals surface area contributed by atoms with Crippen LogP contribution < -0.4 is 5.32 Å². The average molecular weight is 426 g/mol. The van der Waals surface area contributed by atoms with Gasteiger partial charge in [0.2, 0.25) is 0 Å². The summed E-state index contributed by atoms with van der Waals surface area (Å²) in [5, 5.41) is 81.9. The maximum atomic E-state index is 12.4. The van der Waals surface area contributed by atoms with Crippen molar-refractivity contribution in [2.45, 2.75) is 55.1 Å². The Morgan fingerprint density at radius 1 is 1.07 bits per heavy atom. The van der Waals surface area contributed by atoms with Crippen LogP contribution in [0.1, 0.15) is 0 Å². The van der Waals surface area contributed by atoms with Crippen molar-refractivity contribution >= 4 is 5.91 Å². The lowest BCUT2D eigenvalue weighted by molar-refractivity contribution is -0.326. The predicted octanol–water partition coefficient (Wildman–Crippen LogP) is -6.32. The summed E-state index contributed by atoms with van der Waals surface area (Å²) in [7, 11) is 0. The summed E-state index contributed by atoms with van der Waals surface area (Å²) in [5.41, 5.74) is 0. The summed E-state index contributed by atoms with van der Waals surface area (Å²) in [6.45, 7) is -0.0670. The maximum absolute atomic E-state index is 12.4. The van der Waals surface area contributed by atoms with E-state index >= 15 is 0 Å². The van der Waals surface area contributed by atoms with E-state index < -0.39 is 74.2 Å². The number of hydrogen-bond donors (Lipinski definition) is 9. The van der Waals surface area contributed by atoms with Crippen LogP contribution in [-0.4, -0.2) is 146 Å². The molecule has 170 valence electrons. The van der Waals surface area contributed by atoms with Crippen LogP contribution in [0, 0.1) is 0 Å². The number of hydrogen-bond acceptors (Lipinski definition) is 12. The monoisotopic (exact) mass is 426 g/mol. The summed E-state index contributed by atoms with van der Waals surface area (Å²) in [6.07, 6.45) is -15.9. The molecule has 0 unspecified atom stereocenters. The first-order valence-electron chi connectivity index (χ1n) is 9.33. The number of amides is 1. The van der Waals surface area contributed by atoms with Crippen LogP contribution in [0.4, 0.5) is 0 Å². The molecule has 2 saturated heterocycles. The number of piperazine rings is 1. The highest BCUT2D eigenvalue weighted by Gasteiger charge is 2.47. The lowest BCUT2D eigenvalue weighted by Crippen LogP contribution is -2.62. The fourth-order valence-electron chi connectivity index (χ4n) is 3.24. The number of aliphatic hydroxyl groups is 8. The zero-order valence-electron chi connectivity index (χ0n) is 15.7. The van der Waals surface area contributed by atoms with E-state index in [4.69, 9.17) is 9.47 Å². The Kier molecular flexibility index (Phi) is 9.12. The van der Waals surface area contributed by atoms with Crippen LogP contribution in [-0.2, 0) is 14.3 Å². The van der Waals surface area contributed by atoms with Crippen molar-refractivity contribution in [3.05, 3.63) is 0 Å². The van der Waals surface area contributed by atoms with Crippen LogP contribution in [0.25, 0.3) is 0 Å². The topological polar surface area (TPSA) is 213 Å². The Morgan fingerprint density at radius 2 is 1.69 bits per heavy atom. The number of nitrogens with zero attached hydrogens (tertiary/aromatic N) is 1. The molecule has 2 aliphatic rings. The molecule has 0 bridgehead atoms. The van der Waals surface area contributed by atoms with Crippen molar-refractivity contribution in [2.24, 2.45) is 0 Å². The lowest BCUT2D eigenvalue weighted by Gasteiger charge is -2.42. The van der Waals surface area contributed by atoms with Gasteiger partial charge in [-0.15, -0.1) is 0 Å². The van der Waals surface area contributed by atoms with Gasteiger partial charge in [-0.05, 0) is 0 Å². The fourth-order valence-corrected chi connectivity index (χ4v) is 3.24. The fraction of sp³-hybridized carbons (Fsp3) is 0.938. The molecule has 13 heteroatoms. The van der Waals surface area contributed by atoms with Crippen molar-refractivity contribution in [1.82, 2.24) is 10.2 Å². The van der Waals surface area contributed by atoms with Gasteiger partial charge in [-0.1, -0.05) is 0 Å². The molecule has 13 nitrogen and oxygen atoms in total. The predicted molar refractivity (Wildman–Crippen MR) is 93.2 cm³/mol. The minimum atomic E-state index is -2.02. The smallest absolute Gasteiger partial charge is 0.254 e. The van der Waals surface area contributed by atoms with Crippen molar-refractivity contribution in [1.29, 1.82) is 0 Å². The third-order valence-electron chi connectivity index (χ3n) is 5.05. The SMILES string of the molecule is O=C([C@H](O)[C@@H](O)[C@H](O[C@@H]1O[C@H](CO)[C@H](O)[C@H](O)[C@H]1O)[C@H](O)CO)N1CCNCC1. The van der Waals surface area contributed by atoms with E-state index in [-0.39, 0.29) is 0 Å². The molecule has 2 aliphatic heterocycles. The molecule has 1 amide bonds. The molecule has 9 N–H and O–H groups in total. The van der Waals surface area contributed by atoms with Crippen molar-refractivity contribution in [2.75, 3.05) is 39.4 Å². The third kappa shape index (κ3) is 5.59. The van der Waals surface area contributed by atoms with Crippen LogP contribution in [0.15, 0.2) is 0 Å². The molecule has 9 atom stereocenters. The van der Waals surface area contributed by atoms with Gasteiger partial charge in [0.1, 0.15) is 42.7 Å². The highest BCUT2D eigenvalue weighted by atomic mass is 16.7. The summed E-state index contributed by atoms with van der Waals surface area (Å²) < 4.78 is 10.4. The molecule has 2 fully saturated rings. The summed E-state index contributed by atoms with van der Waals surface area (Å²) in [5.74, 6) is -0.813. The van der Waals surface area contributed by atoms with Gasteiger partial charge in [0.15, 0.2) is 12.4 Å². The van der Waals surface area contributed by atoms with Gasteiger partial charge in [0.05, 0.1) is 13.2 Å². The minimum absolute atomic E-state index is 0.295. The van der Waals surface area contributed by atoms with Gasteiger partial charge in [0, 0.05) is 26.2 Å². The second kappa shape index (κ2) is 10.9. The Bertz CT molecular complexity index is 519. The highest BCUT2D eigenvalue weighted by Crippen LogP contribution is 2.25. The maximum Gasteiger partial charge on any atom is 0.254 e. The Labute approximate surface area is 166 Å². The molecular weight excluding hydrogens is 396 g/mol. The van der Waals surface area contributed by atoms with E-state index in [2.05, 4.69) is 5.32 Å². The van der Waals surface area contributed by atoms with Crippen molar-refractivity contribution < 1.29 is 55.1 Å². The van der Waals surface area contributed by atoms with Crippen LogP contribution >= 0.6 is 0 Å². The number of carbonyl (C=O) groups is 1. The van der Waals surface area contributed by atoms with E-state index in [9.17, 15) is 45.6 Å². The zero-order valence-corrected chi connectivity index (χ0v) is 15.7. The molecule has 0 radical (unpaired) electrons. The molecule has 2 rings (SSSR count). The average Bonchev–Trinajstić information content (AvgIpc) is 2.75. The first-order chi connectivity index (χ1) is 13.7. The highest BCUT2D eigenvalue weighted by molar-refractivity contribution is 5.81. The molecule has 2 heterocycles. The number of aliphatic hydroxyl groups excluding tert-OH is 8. The van der Waals surface area contributed by atoms with Gasteiger partial charge >= 0.3 is 0 Å². The lowest BCUT2D eigenvalue weighted by atomic mass is 9.98. The second-order valence-corrected chi connectivity index (χ2v) is 7.06. The van der Waals surface area contributed by atoms with Gasteiger partial charge in [0.25, 0.3) is 5.91 Å². The van der Waals surface area contributed by atoms with E-state index in [0.29, 0.717) is 26.2 Å². The number of ether oxygens (including phenoxy) is 2. The third-order valence-corrected chi connectivity index (χ3v) is 5.05. The molecule has 0 aliphatic carbocycles. The van der Waals surface area contributed by atoms with E-state index in [0.717, 1.165) is 0 Å². The molecule has 29 heavy (non-hydrogen) atoms. The number of nitrogens with one attached hydrogen (secondary N) is 1.